The lowest BCUT2D eigenvalue weighted by Crippen LogP contribution is -2.48. The topological polar surface area (TPSA) is 247 Å². The van der Waals surface area contributed by atoms with Gasteiger partial charge in [-0.3, -0.25) is 29.3 Å². The van der Waals surface area contributed by atoms with Gasteiger partial charge in [-0.05, 0) is 75.4 Å². The summed E-state index contributed by atoms with van der Waals surface area (Å²) in [4.78, 5) is 70.3. The number of amides is 4. The SMILES string of the molecule is CC1(N)CCN(c2ccc(Sc3cccc(NC(=O)CCC(=O)NCCCOCCOCCOCCCNc4ccc5cnn(C6CCC(=O)NC6=O)c(=O)c5c4)c3Cl)c(N)n2)CC1. The summed E-state index contributed by atoms with van der Waals surface area (Å²) in [7, 11) is 0. The first-order chi connectivity index (χ1) is 30.9. The first-order valence-corrected chi connectivity index (χ1v) is 22.7. The van der Waals surface area contributed by atoms with Crippen molar-refractivity contribution in [2.75, 3.05) is 87.1 Å². The lowest BCUT2D eigenvalue weighted by Gasteiger charge is -2.37. The van der Waals surface area contributed by atoms with Gasteiger partial charge in [-0.1, -0.05) is 35.5 Å². The molecule has 1 atom stereocenters. The summed E-state index contributed by atoms with van der Waals surface area (Å²) in [6.45, 7) is 7.39. The Bertz CT molecular complexity index is 2320. The van der Waals surface area contributed by atoms with Crippen molar-refractivity contribution in [1.29, 1.82) is 0 Å². The summed E-state index contributed by atoms with van der Waals surface area (Å²) in [5.74, 6) is -0.226. The Kier molecular flexibility index (Phi) is 17.7. The zero-order valence-corrected chi connectivity index (χ0v) is 37.6. The molecule has 2 aromatic heterocycles. The molecule has 18 nitrogen and oxygen atoms in total. The van der Waals surface area contributed by atoms with E-state index in [0.29, 0.717) is 91.3 Å². The molecule has 2 fully saturated rings. The highest BCUT2D eigenvalue weighted by Crippen LogP contribution is 2.40. The maximum Gasteiger partial charge on any atom is 0.275 e. The molecule has 4 aromatic rings. The smallest absolute Gasteiger partial charge is 0.275 e. The van der Waals surface area contributed by atoms with Gasteiger partial charge in [0.25, 0.3) is 11.5 Å². The van der Waals surface area contributed by atoms with Crippen LogP contribution in [0.2, 0.25) is 5.02 Å². The zero-order valence-electron chi connectivity index (χ0n) is 36.0. The van der Waals surface area contributed by atoms with Gasteiger partial charge in [-0.25, -0.2) is 9.67 Å². The van der Waals surface area contributed by atoms with Crippen molar-refractivity contribution in [2.45, 2.75) is 79.7 Å². The highest BCUT2D eigenvalue weighted by molar-refractivity contribution is 7.99. The van der Waals surface area contributed by atoms with Crippen LogP contribution in [0, 0.1) is 0 Å². The van der Waals surface area contributed by atoms with Crippen molar-refractivity contribution in [3.63, 3.8) is 0 Å². The summed E-state index contributed by atoms with van der Waals surface area (Å²) in [5.41, 5.74) is 13.3. The predicted octanol–water partition coefficient (Wildman–Crippen LogP) is 4.25. The minimum absolute atomic E-state index is 0.00305. The number of nitrogen functional groups attached to an aromatic ring is 1. The molecule has 2 saturated heterocycles. The van der Waals surface area contributed by atoms with Crippen LogP contribution in [-0.2, 0) is 33.4 Å². The van der Waals surface area contributed by atoms with E-state index in [9.17, 15) is 24.0 Å². The largest absolute Gasteiger partial charge is 0.385 e. The van der Waals surface area contributed by atoms with Crippen LogP contribution in [0.5, 0.6) is 0 Å². The molecular formula is C44H57ClN10O8S. The van der Waals surface area contributed by atoms with Crippen molar-refractivity contribution in [3.05, 3.63) is 70.1 Å². The quantitative estimate of drug-likeness (QED) is 0.0450. The van der Waals surface area contributed by atoms with E-state index in [4.69, 9.17) is 37.3 Å². The summed E-state index contributed by atoms with van der Waals surface area (Å²) >= 11 is 8.05. The number of nitrogens with two attached hydrogens (primary N) is 2. The third-order valence-corrected chi connectivity index (χ3v) is 12.4. The number of imide groups is 1. The molecule has 4 heterocycles. The van der Waals surface area contributed by atoms with E-state index in [0.717, 1.165) is 53.4 Å². The molecule has 344 valence electrons. The van der Waals surface area contributed by atoms with Gasteiger partial charge in [0, 0.05) is 80.2 Å². The number of piperidine rings is 2. The first kappa shape index (κ1) is 48.2. The van der Waals surface area contributed by atoms with Crippen LogP contribution in [0.1, 0.15) is 64.3 Å². The third-order valence-electron chi connectivity index (χ3n) is 10.8. The van der Waals surface area contributed by atoms with Gasteiger partial charge in [-0.15, -0.1) is 0 Å². The van der Waals surface area contributed by atoms with Gasteiger partial charge >= 0.3 is 0 Å². The molecule has 2 aliphatic rings. The van der Waals surface area contributed by atoms with E-state index in [1.54, 1.807) is 30.5 Å². The number of pyridine rings is 1. The maximum atomic E-state index is 13.1. The number of aromatic nitrogens is 3. The molecule has 0 spiro atoms. The van der Waals surface area contributed by atoms with Gasteiger partial charge in [0.2, 0.25) is 17.7 Å². The van der Waals surface area contributed by atoms with Crippen LogP contribution in [0.4, 0.5) is 23.0 Å². The Labute approximate surface area is 380 Å². The molecule has 0 radical (unpaired) electrons. The Morgan fingerprint density at radius 1 is 0.922 bits per heavy atom. The molecule has 20 heteroatoms. The molecule has 2 aliphatic heterocycles. The minimum Gasteiger partial charge on any atom is -0.385 e. The molecule has 1 unspecified atom stereocenters. The number of rotatable bonds is 23. The summed E-state index contributed by atoms with van der Waals surface area (Å²) < 4.78 is 18.0. The van der Waals surface area contributed by atoms with Gasteiger partial charge in [0.05, 0.1) is 53.6 Å². The van der Waals surface area contributed by atoms with E-state index in [1.165, 1.54) is 11.8 Å². The summed E-state index contributed by atoms with van der Waals surface area (Å²) in [5, 5.41) is 16.8. The lowest BCUT2D eigenvalue weighted by atomic mass is 9.91. The van der Waals surface area contributed by atoms with Crippen LogP contribution in [-0.4, -0.2) is 110 Å². The van der Waals surface area contributed by atoms with Gasteiger partial charge in [0.1, 0.15) is 17.7 Å². The van der Waals surface area contributed by atoms with Crippen LogP contribution < -0.4 is 43.2 Å². The zero-order chi connectivity index (χ0) is 45.5. The predicted molar refractivity (Wildman–Crippen MR) is 247 cm³/mol. The van der Waals surface area contributed by atoms with Crippen LogP contribution in [0.3, 0.4) is 0 Å². The number of carbonyl (C=O) groups excluding carboxylic acids is 4. The Morgan fingerprint density at radius 2 is 1.62 bits per heavy atom. The molecule has 0 saturated carbocycles. The van der Waals surface area contributed by atoms with Crippen LogP contribution in [0.15, 0.2) is 69.3 Å². The fourth-order valence-electron chi connectivity index (χ4n) is 7.05. The Balaban J connectivity index is 0.760. The second-order valence-corrected chi connectivity index (χ2v) is 17.4. The second-order valence-electron chi connectivity index (χ2n) is 15.9. The highest BCUT2D eigenvalue weighted by Gasteiger charge is 2.30. The van der Waals surface area contributed by atoms with Crippen molar-refractivity contribution < 1.29 is 33.4 Å². The first-order valence-electron chi connectivity index (χ1n) is 21.5. The number of fused-ring (bicyclic) bond motifs is 1. The van der Waals surface area contributed by atoms with Crippen molar-refractivity contribution in [2.24, 2.45) is 5.73 Å². The van der Waals surface area contributed by atoms with Crippen LogP contribution in [0.25, 0.3) is 10.8 Å². The van der Waals surface area contributed by atoms with Gasteiger partial charge < -0.3 is 46.5 Å². The number of anilines is 4. The minimum atomic E-state index is -0.818. The highest BCUT2D eigenvalue weighted by atomic mass is 35.5. The maximum absolute atomic E-state index is 13.1. The number of hydrogen-bond acceptors (Lipinski definition) is 15. The van der Waals surface area contributed by atoms with E-state index in [-0.39, 0.29) is 54.5 Å². The van der Waals surface area contributed by atoms with Crippen LogP contribution >= 0.6 is 23.4 Å². The normalized spacial score (nSPS) is 16.1. The number of ether oxygens (including phenoxy) is 3. The molecule has 0 bridgehead atoms. The lowest BCUT2D eigenvalue weighted by molar-refractivity contribution is -0.136. The van der Waals surface area contributed by atoms with Gasteiger partial charge in [0.15, 0.2) is 0 Å². The van der Waals surface area contributed by atoms with E-state index in [2.05, 4.69) is 43.2 Å². The average Bonchev–Trinajstić information content (AvgIpc) is 3.27. The van der Waals surface area contributed by atoms with Crippen molar-refractivity contribution >= 4 is 80.8 Å². The standard InChI is InChI=1S/C44H57ClN10O8S/c1-44(47)15-19-54(20-16-44)36-11-10-35(41(46)52-36)64-34-6-2-5-32(40(34)45)51-38(57)14-13-37(56)49-18-4-22-62-24-26-63-25-23-61-21-3-17-48-30-8-7-29-28-50-55(43(60)31(29)27-30)33-9-12-39(58)53-42(33)59/h2,5-8,10-11,27-28,33,48H,3-4,9,12-26,47H2,1H3,(H2,46,52)(H,49,56)(H,51,57)(H,53,58,59). The number of nitrogens with zero attached hydrogens (tertiary/aromatic N) is 4. The Morgan fingerprint density at radius 3 is 2.34 bits per heavy atom. The molecule has 0 aliphatic carbocycles. The molecule has 6 rings (SSSR count). The fourth-order valence-corrected chi connectivity index (χ4v) is 8.20. The average molecular weight is 922 g/mol. The van der Waals surface area contributed by atoms with Crippen molar-refractivity contribution in [1.82, 2.24) is 25.4 Å². The van der Waals surface area contributed by atoms with Gasteiger partial charge in [-0.2, -0.15) is 5.10 Å². The van der Waals surface area contributed by atoms with E-state index >= 15 is 0 Å². The number of halogens is 1. The molecule has 4 amide bonds. The Hall–Kier alpha value is -5.31. The number of hydrogen-bond donors (Lipinski definition) is 6. The monoisotopic (exact) mass is 920 g/mol. The number of carbonyl (C=O) groups is 4. The molecule has 64 heavy (non-hydrogen) atoms. The molecule has 2 aromatic carbocycles. The summed E-state index contributed by atoms with van der Waals surface area (Å²) in [6, 6.07) is 13.8. The molecular weight excluding hydrogens is 864 g/mol. The van der Waals surface area contributed by atoms with E-state index in [1.807, 2.05) is 24.3 Å². The summed E-state index contributed by atoms with van der Waals surface area (Å²) in [6.07, 6.45) is 5.06. The molecule has 8 N–H and O–H groups in total. The van der Waals surface area contributed by atoms with E-state index < -0.39 is 11.9 Å². The fraction of sp³-hybridized carbons (Fsp3) is 0.477. The third kappa shape index (κ3) is 14.1. The second kappa shape index (κ2) is 23.6. The number of benzene rings is 2. The van der Waals surface area contributed by atoms with Crippen molar-refractivity contribution in [3.8, 4) is 0 Å². The number of nitrogens with one attached hydrogen (secondary N) is 4.